The zero-order valence-corrected chi connectivity index (χ0v) is 17.3. The van der Waals surface area contributed by atoms with Crippen LogP contribution in [0, 0.1) is 16.0 Å². The summed E-state index contributed by atoms with van der Waals surface area (Å²) in [6.45, 7) is 0. The lowest BCUT2D eigenvalue weighted by molar-refractivity contribution is -0.384. The van der Waals surface area contributed by atoms with Crippen molar-refractivity contribution in [2.75, 3.05) is 9.96 Å². The highest BCUT2D eigenvalue weighted by Gasteiger charge is 2.60. The van der Waals surface area contributed by atoms with E-state index >= 15 is 0 Å². The molecule has 2 aliphatic rings. The van der Waals surface area contributed by atoms with E-state index in [1.165, 1.54) is 17.2 Å². The third kappa shape index (κ3) is 3.12. The number of nitro groups is 1. The molecule has 0 aliphatic carbocycles. The average molecular weight is 450 g/mol. The molecule has 2 saturated heterocycles. The molecule has 0 saturated carbocycles. The van der Waals surface area contributed by atoms with E-state index in [9.17, 15) is 19.7 Å². The first-order chi connectivity index (χ1) is 15.5. The Bertz CT molecular complexity index is 1220. The van der Waals surface area contributed by atoms with Crippen LogP contribution in [0.5, 0.6) is 0 Å². The van der Waals surface area contributed by atoms with Crippen LogP contribution < -0.4 is 9.96 Å². The number of nitrogens with zero attached hydrogens (tertiary/aromatic N) is 3. The topological polar surface area (TPSA) is 93.0 Å². The number of carbonyl (C=O) groups is 2. The van der Waals surface area contributed by atoms with Crippen LogP contribution in [0.3, 0.4) is 0 Å². The highest BCUT2D eigenvalue weighted by Crippen LogP contribution is 2.48. The van der Waals surface area contributed by atoms with E-state index in [0.717, 1.165) is 4.90 Å². The highest BCUT2D eigenvalue weighted by atomic mass is 35.5. The minimum absolute atomic E-state index is 0.0137. The number of para-hydroxylation sites is 2. The minimum atomic E-state index is -1.05. The number of hydrogen-bond donors (Lipinski definition) is 0. The van der Waals surface area contributed by atoms with Gasteiger partial charge in [-0.25, -0.2) is 9.96 Å². The third-order valence-corrected chi connectivity index (χ3v) is 5.97. The zero-order valence-electron chi connectivity index (χ0n) is 16.5. The Kier molecular flexibility index (Phi) is 4.88. The molecule has 3 aromatic carbocycles. The van der Waals surface area contributed by atoms with Gasteiger partial charge in [-0.3, -0.25) is 24.5 Å². The summed E-state index contributed by atoms with van der Waals surface area (Å²) < 4.78 is 0. The molecule has 2 amide bonds. The van der Waals surface area contributed by atoms with Crippen molar-refractivity contribution in [1.29, 1.82) is 0 Å². The van der Waals surface area contributed by atoms with Crippen LogP contribution in [-0.2, 0) is 14.4 Å². The number of benzene rings is 3. The number of imide groups is 1. The van der Waals surface area contributed by atoms with Gasteiger partial charge >= 0.3 is 0 Å². The zero-order chi connectivity index (χ0) is 22.4. The third-order valence-electron chi connectivity index (χ3n) is 5.65. The van der Waals surface area contributed by atoms with E-state index in [4.69, 9.17) is 16.4 Å². The average Bonchev–Trinajstić information content (AvgIpc) is 3.31. The van der Waals surface area contributed by atoms with Gasteiger partial charge in [0.2, 0.25) is 5.91 Å². The first-order valence-corrected chi connectivity index (χ1v) is 10.2. The largest absolute Gasteiger partial charge is 0.288 e. The smallest absolute Gasteiger partial charge is 0.273 e. The van der Waals surface area contributed by atoms with E-state index in [1.807, 2.05) is 6.07 Å². The van der Waals surface area contributed by atoms with Crippen LogP contribution in [0.15, 0.2) is 78.9 Å². The Hall–Kier alpha value is -3.75. The van der Waals surface area contributed by atoms with Gasteiger partial charge < -0.3 is 0 Å². The normalized spacial score (nSPS) is 22.3. The molecule has 160 valence electrons. The van der Waals surface area contributed by atoms with Gasteiger partial charge in [-0.1, -0.05) is 54.1 Å². The van der Waals surface area contributed by atoms with Crippen LogP contribution in [0.2, 0.25) is 5.02 Å². The summed E-state index contributed by atoms with van der Waals surface area (Å²) in [5, 5.41) is 12.9. The number of halogens is 1. The number of anilines is 2. The van der Waals surface area contributed by atoms with E-state index < -0.39 is 34.8 Å². The van der Waals surface area contributed by atoms with Crippen LogP contribution in [0.4, 0.5) is 17.1 Å². The van der Waals surface area contributed by atoms with Crippen molar-refractivity contribution < 1.29 is 19.3 Å². The van der Waals surface area contributed by atoms with Gasteiger partial charge in [0.05, 0.1) is 22.3 Å². The number of hydrogen-bond acceptors (Lipinski definition) is 6. The number of fused-ring (bicyclic) bond motifs is 1. The maximum Gasteiger partial charge on any atom is 0.288 e. The van der Waals surface area contributed by atoms with E-state index in [0.29, 0.717) is 16.9 Å². The predicted molar refractivity (Wildman–Crippen MR) is 117 cm³/mol. The summed E-state index contributed by atoms with van der Waals surface area (Å²) in [5.41, 5.74) is 1.25. The predicted octanol–water partition coefficient (Wildman–Crippen LogP) is 4.30. The van der Waals surface area contributed by atoms with Gasteiger partial charge in [0.25, 0.3) is 11.6 Å². The van der Waals surface area contributed by atoms with Crippen molar-refractivity contribution in [2.24, 2.45) is 5.92 Å². The van der Waals surface area contributed by atoms with Crippen LogP contribution >= 0.6 is 11.6 Å². The fourth-order valence-electron chi connectivity index (χ4n) is 4.24. The van der Waals surface area contributed by atoms with E-state index in [-0.39, 0.29) is 10.7 Å². The number of hydroxylamine groups is 1. The van der Waals surface area contributed by atoms with Crippen molar-refractivity contribution in [3.8, 4) is 0 Å². The number of amides is 2. The molecule has 32 heavy (non-hydrogen) atoms. The fraction of sp³-hybridized carbons (Fsp3) is 0.130. The van der Waals surface area contributed by atoms with E-state index in [2.05, 4.69) is 0 Å². The summed E-state index contributed by atoms with van der Waals surface area (Å²) in [6.07, 6.45) is -1.05. The first-order valence-electron chi connectivity index (χ1n) is 9.85. The molecule has 2 fully saturated rings. The number of carbonyl (C=O) groups excluding carboxylic acids is 2. The summed E-state index contributed by atoms with van der Waals surface area (Å²) in [4.78, 5) is 44.7. The van der Waals surface area contributed by atoms with Crippen molar-refractivity contribution in [1.82, 2.24) is 0 Å². The summed E-state index contributed by atoms with van der Waals surface area (Å²) in [5.74, 6) is -1.78. The lowest BCUT2D eigenvalue weighted by atomic mass is 9.90. The first kappa shape index (κ1) is 20.2. The Morgan fingerprint density at radius 1 is 0.875 bits per heavy atom. The SMILES string of the molecule is O=C1[C@@H]2[C@@H](ON(c3ccccc3)[C@H]2c2ccc(Cl)c([N+](=O)[O-])c2)C(=O)N1c1ccccc1. The summed E-state index contributed by atoms with van der Waals surface area (Å²) in [6, 6.07) is 21.2. The summed E-state index contributed by atoms with van der Waals surface area (Å²) >= 11 is 6.00. The second-order valence-electron chi connectivity index (χ2n) is 7.47. The van der Waals surface area contributed by atoms with Crippen molar-refractivity contribution in [3.05, 3.63) is 99.6 Å². The van der Waals surface area contributed by atoms with Crippen LogP contribution in [-0.4, -0.2) is 22.8 Å². The Morgan fingerprint density at radius 2 is 1.50 bits per heavy atom. The lowest BCUT2D eigenvalue weighted by Gasteiger charge is -2.28. The van der Waals surface area contributed by atoms with E-state index in [1.54, 1.807) is 60.7 Å². The van der Waals surface area contributed by atoms with Crippen molar-refractivity contribution in [3.63, 3.8) is 0 Å². The van der Waals surface area contributed by atoms with Gasteiger partial charge in [-0.15, -0.1) is 0 Å². The molecular weight excluding hydrogens is 434 g/mol. The molecule has 0 radical (unpaired) electrons. The highest BCUT2D eigenvalue weighted by molar-refractivity contribution is 6.32. The molecule has 0 unspecified atom stereocenters. The second kappa shape index (κ2) is 7.74. The van der Waals surface area contributed by atoms with Gasteiger partial charge in [-0.2, -0.15) is 0 Å². The number of nitro benzene ring substituents is 1. The molecule has 8 nitrogen and oxygen atoms in total. The Labute approximate surface area is 187 Å². The van der Waals surface area contributed by atoms with Crippen molar-refractivity contribution >= 4 is 40.5 Å². The van der Waals surface area contributed by atoms with Crippen molar-refractivity contribution in [2.45, 2.75) is 12.1 Å². The molecule has 3 atom stereocenters. The van der Waals surface area contributed by atoms with Gasteiger partial charge in [0, 0.05) is 6.07 Å². The molecule has 5 rings (SSSR count). The minimum Gasteiger partial charge on any atom is -0.273 e. The maximum absolute atomic E-state index is 13.5. The quantitative estimate of drug-likeness (QED) is 0.335. The molecule has 0 aromatic heterocycles. The fourth-order valence-corrected chi connectivity index (χ4v) is 4.42. The number of rotatable bonds is 4. The molecule has 0 N–H and O–H groups in total. The monoisotopic (exact) mass is 449 g/mol. The van der Waals surface area contributed by atoms with Crippen LogP contribution in [0.1, 0.15) is 11.6 Å². The maximum atomic E-state index is 13.5. The Balaban J connectivity index is 1.63. The van der Waals surface area contributed by atoms with Gasteiger partial charge in [0.15, 0.2) is 6.10 Å². The molecule has 2 heterocycles. The molecule has 0 spiro atoms. The molecule has 2 aliphatic heterocycles. The second-order valence-corrected chi connectivity index (χ2v) is 7.88. The van der Waals surface area contributed by atoms with Gasteiger partial charge in [0.1, 0.15) is 10.9 Å². The molecule has 9 heteroatoms. The molecular formula is C23H16ClN3O5. The Morgan fingerprint density at radius 3 is 2.12 bits per heavy atom. The molecule has 3 aromatic rings. The standard InChI is InChI=1S/C23H16ClN3O5/c24-17-12-11-14(13-18(17)27(30)31)20-19-21(32-26(20)16-9-5-2-6-10-16)23(29)25(22(19)28)15-7-3-1-4-8-15/h1-13,19-21H/t19-,20-,21+/m0/s1. The summed E-state index contributed by atoms with van der Waals surface area (Å²) in [7, 11) is 0. The van der Waals surface area contributed by atoms with Crippen LogP contribution in [0.25, 0.3) is 0 Å². The lowest BCUT2D eigenvalue weighted by Crippen LogP contribution is -2.37. The van der Waals surface area contributed by atoms with Gasteiger partial charge in [-0.05, 0) is 35.9 Å². The molecule has 0 bridgehead atoms.